The van der Waals surface area contributed by atoms with Crippen molar-refractivity contribution in [1.82, 2.24) is 5.32 Å². The van der Waals surface area contributed by atoms with E-state index in [2.05, 4.69) is 5.32 Å². The molecule has 1 aromatic rings. The first-order valence-corrected chi connectivity index (χ1v) is 6.03. The van der Waals surface area contributed by atoms with Crippen LogP contribution in [-0.2, 0) is 20.8 Å². The van der Waals surface area contributed by atoms with Gasteiger partial charge in [-0.2, -0.15) is 0 Å². The van der Waals surface area contributed by atoms with Gasteiger partial charge in [0, 0.05) is 12.1 Å². The zero-order valence-electron chi connectivity index (χ0n) is 10.8. The van der Waals surface area contributed by atoms with Crippen LogP contribution in [0.2, 0.25) is 0 Å². The number of amides is 2. The average Bonchev–Trinajstić information content (AvgIpc) is 2.36. The molecule has 0 aliphatic rings. The van der Waals surface area contributed by atoms with Gasteiger partial charge in [-0.25, -0.2) is 4.79 Å². The largest absolute Gasteiger partial charge is 0.480 e. The molecule has 0 bridgehead atoms. The molecule has 0 saturated carbocycles. The normalized spacial score (nSPS) is 11.6. The lowest BCUT2D eigenvalue weighted by atomic mass is 10.1. The Kier molecular flexibility index (Phi) is 5.52. The monoisotopic (exact) mass is 279 g/mol. The molecule has 0 aliphatic heterocycles. The van der Waals surface area contributed by atoms with Gasteiger partial charge in [0.2, 0.25) is 11.8 Å². The molecular formula is C13H17N3O4. The number of nitrogen functional groups attached to an aromatic ring is 1. The molecule has 0 aliphatic carbocycles. The third-order valence-electron chi connectivity index (χ3n) is 2.66. The molecule has 1 rings (SSSR count). The van der Waals surface area contributed by atoms with E-state index in [1.54, 1.807) is 24.3 Å². The standard InChI is InChI=1S/C13H17N3O4/c14-9-3-1-8(2-4-9)7-12(18)16-10(13(19)20)5-6-11(15)17/h1-4,10H,5-7,14H2,(H2,15,17)(H,16,18)(H,19,20)/t10-/m0/s1. The number of carbonyl (C=O) groups is 3. The number of aliphatic carboxylic acids is 1. The number of hydrogen-bond donors (Lipinski definition) is 4. The summed E-state index contributed by atoms with van der Waals surface area (Å²) in [7, 11) is 0. The van der Waals surface area contributed by atoms with Gasteiger partial charge < -0.3 is 21.9 Å². The third-order valence-corrected chi connectivity index (χ3v) is 2.66. The van der Waals surface area contributed by atoms with Crippen LogP contribution in [0.25, 0.3) is 0 Å². The second-order valence-corrected chi connectivity index (χ2v) is 4.38. The maximum Gasteiger partial charge on any atom is 0.326 e. The topological polar surface area (TPSA) is 136 Å². The zero-order chi connectivity index (χ0) is 15.1. The molecule has 20 heavy (non-hydrogen) atoms. The molecule has 0 radical (unpaired) electrons. The number of carboxylic acids is 1. The highest BCUT2D eigenvalue weighted by atomic mass is 16.4. The molecule has 1 aromatic carbocycles. The Balaban J connectivity index is 2.55. The third kappa shape index (κ3) is 5.38. The van der Waals surface area contributed by atoms with Gasteiger partial charge in [0.25, 0.3) is 0 Å². The van der Waals surface area contributed by atoms with E-state index in [0.717, 1.165) is 5.56 Å². The van der Waals surface area contributed by atoms with Crippen molar-refractivity contribution < 1.29 is 19.5 Å². The van der Waals surface area contributed by atoms with Gasteiger partial charge >= 0.3 is 5.97 Å². The average molecular weight is 279 g/mol. The van der Waals surface area contributed by atoms with Gasteiger partial charge in [0.05, 0.1) is 6.42 Å². The van der Waals surface area contributed by atoms with Crippen LogP contribution >= 0.6 is 0 Å². The van der Waals surface area contributed by atoms with E-state index in [-0.39, 0.29) is 19.3 Å². The highest BCUT2D eigenvalue weighted by Crippen LogP contribution is 2.06. The minimum atomic E-state index is -1.20. The second kappa shape index (κ2) is 7.13. The van der Waals surface area contributed by atoms with Crippen LogP contribution in [-0.4, -0.2) is 28.9 Å². The summed E-state index contributed by atoms with van der Waals surface area (Å²) in [6.07, 6.45) is -0.0854. The van der Waals surface area contributed by atoms with Gasteiger partial charge in [0.15, 0.2) is 0 Å². The number of hydrogen-bond acceptors (Lipinski definition) is 4. The van der Waals surface area contributed by atoms with Gasteiger partial charge in [-0.15, -0.1) is 0 Å². The molecule has 7 heteroatoms. The van der Waals surface area contributed by atoms with E-state index in [0.29, 0.717) is 5.69 Å². The SMILES string of the molecule is NC(=O)CC[C@H](NC(=O)Cc1ccc(N)cc1)C(=O)O. The summed E-state index contributed by atoms with van der Waals surface area (Å²) in [6, 6.07) is 5.57. The van der Waals surface area contributed by atoms with Crippen molar-refractivity contribution in [1.29, 1.82) is 0 Å². The predicted octanol–water partition coefficient (Wildman–Crippen LogP) is -0.354. The Morgan fingerprint density at radius 3 is 2.30 bits per heavy atom. The molecule has 0 aromatic heterocycles. The molecule has 0 spiro atoms. The van der Waals surface area contributed by atoms with Crippen molar-refractivity contribution in [2.75, 3.05) is 5.73 Å². The molecule has 0 unspecified atom stereocenters. The summed E-state index contributed by atoms with van der Waals surface area (Å²) in [5.41, 5.74) is 11.8. The van der Waals surface area contributed by atoms with Crippen LogP contribution in [0, 0.1) is 0 Å². The predicted molar refractivity (Wildman–Crippen MR) is 72.6 cm³/mol. The molecule has 7 nitrogen and oxygen atoms in total. The summed E-state index contributed by atoms with van der Waals surface area (Å²) < 4.78 is 0. The fraction of sp³-hybridized carbons (Fsp3) is 0.308. The van der Waals surface area contributed by atoms with Crippen molar-refractivity contribution in [2.24, 2.45) is 5.73 Å². The first-order chi connectivity index (χ1) is 9.38. The van der Waals surface area contributed by atoms with E-state index in [1.165, 1.54) is 0 Å². The van der Waals surface area contributed by atoms with Crippen LogP contribution in [0.5, 0.6) is 0 Å². The Bertz CT molecular complexity index is 499. The maximum absolute atomic E-state index is 11.7. The number of carbonyl (C=O) groups excluding carboxylic acids is 2. The summed E-state index contributed by atoms with van der Waals surface area (Å²) >= 11 is 0. The Hall–Kier alpha value is -2.57. The lowest BCUT2D eigenvalue weighted by Crippen LogP contribution is -2.42. The van der Waals surface area contributed by atoms with Crippen molar-refractivity contribution in [3.05, 3.63) is 29.8 Å². The zero-order valence-corrected chi connectivity index (χ0v) is 10.8. The molecular weight excluding hydrogens is 262 g/mol. The summed E-state index contributed by atoms with van der Waals surface area (Å²) in [5.74, 6) is -2.24. The lowest BCUT2D eigenvalue weighted by molar-refractivity contribution is -0.142. The van der Waals surface area contributed by atoms with E-state index < -0.39 is 23.8 Å². The molecule has 0 saturated heterocycles. The van der Waals surface area contributed by atoms with Crippen molar-refractivity contribution in [3.63, 3.8) is 0 Å². The van der Waals surface area contributed by atoms with Gasteiger partial charge in [0.1, 0.15) is 6.04 Å². The lowest BCUT2D eigenvalue weighted by Gasteiger charge is -2.13. The van der Waals surface area contributed by atoms with E-state index in [9.17, 15) is 14.4 Å². The number of nitrogens with two attached hydrogens (primary N) is 2. The highest BCUT2D eigenvalue weighted by molar-refractivity contribution is 5.85. The van der Waals surface area contributed by atoms with Crippen LogP contribution in [0.3, 0.4) is 0 Å². The van der Waals surface area contributed by atoms with Gasteiger partial charge in [-0.3, -0.25) is 9.59 Å². The summed E-state index contributed by atoms with van der Waals surface area (Å²) in [4.78, 5) is 33.3. The second-order valence-electron chi connectivity index (χ2n) is 4.38. The maximum atomic E-state index is 11.7. The first kappa shape index (κ1) is 15.5. The van der Waals surface area contributed by atoms with Crippen molar-refractivity contribution >= 4 is 23.5 Å². The quantitative estimate of drug-likeness (QED) is 0.506. The Labute approximate surface area is 115 Å². The fourth-order valence-electron chi connectivity index (χ4n) is 1.61. The number of rotatable bonds is 7. The van der Waals surface area contributed by atoms with Crippen molar-refractivity contribution in [3.8, 4) is 0 Å². The summed E-state index contributed by atoms with van der Waals surface area (Å²) in [6.45, 7) is 0. The van der Waals surface area contributed by atoms with E-state index in [1.807, 2.05) is 0 Å². The number of benzene rings is 1. The Morgan fingerprint density at radius 1 is 1.20 bits per heavy atom. The molecule has 1 atom stereocenters. The number of anilines is 1. The van der Waals surface area contributed by atoms with E-state index in [4.69, 9.17) is 16.6 Å². The summed E-state index contributed by atoms with van der Waals surface area (Å²) in [5, 5.41) is 11.3. The molecule has 108 valence electrons. The van der Waals surface area contributed by atoms with Crippen LogP contribution in [0.4, 0.5) is 5.69 Å². The number of carboxylic acid groups (broad SMARTS) is 1. The highest BCUT2D eigenvalue weighted by Gasteiger charge is 2.20. The number of nitrogens with one attached hydrogen (secondary N) is 1. The van der Waals surface area contributed by atoms with Gasteiger partial charge in [-0.1, -0.05) is 12.1 Å². The molecule has 2 amide bonds. The number of primary amides is 1. The van der Waals surface area contributed by atoms with Gasteiger partial charge in [-0.05, 0) is 24.1 Å². The fourth-order valence-corrected chi connectivity index (χ4v) is 1.61. The molecule has 0 heterocycles. The van der Waals surface area contributed by atoms with Crippen LogP contribution in [0.15, 0.2) is 24.3 Å². The minimum Gasteiger partial charge on any atom is -0.480 e. The van der Waals surface area contributed by atoms with Crippen LogP contribution < -0.4 is 16.8 Å². The van der Waals surface area contributed by atoms with Crippen LogP contribution in [0.1, 0.15) is 18.4 Å². The molecule has 0 fully saturated rings. The molecule has 6 N–H and O–H groups in total. The Morgan fingerprint density at radius 2 is 1.80 bits per heavy atom. The first-order valence-electron chi connectivity index (χ1n) is 6.03. The van der Waals surface area contributed by atoms with E-state index >= 15 is 0 Å². The smallest absolute Gasteiger partial charge is 0.326 e. The minimum absolute atomic E-state index is 0.0296. The van der Waals surface area contributed by atoms with Crippen molar-refractivity contribution in [2.45, 2.75) is 25.3 Å².